The molecule has 3 aromatic carbocycles. The number of nitrogens with one attached hydrogen (secondary N) is 3. The lowest BCUT2D eigenvalue weighted by Gasteiger charge is -2.37. The first-order chi connectivity index (χ1) is 21.1. The highest BCUT2D eigenvalue weighted by atomic mass is 19.1. The van der Waals surface area contributed by atoms with E-state index in [1.54, 1.807) is 24.3 Å². The average molecular weight is 602 g/mol. The molecule has 5 rings (SSSR count). The molecule has 2 atom stereocenters. The number of nitrogens with two attached hydrogens (primary N) is 1. The standard InChI is InChI=1S/C33H40FN7O3/c1-21-17-23(34)10-11-28(21)40-13-15-41(16-14-40)33(43)38-31(30(35)25-19-36-26-8-6-5-7-24(25)26)32(42)37-27-18-22(20-39(2)3)9-12-29(27)44-4/h5-12,17-19,30-31,36H,13-16,20,35H2,1-4H3,(H,37,42)(H,38,43)/t30-,31+/m0/s1. The van der Waals surface area contributed by atoms with Gasteiger partial charge in [-0.1, -0.05) is 24.3 Å². The summed E-state index contributed by atoms with van der Waals surface area (Å²) in [6, 6.07) is 15.7. The van der Waals surface area contributed by atoms with Gasteiger partial charge in [0.2, 0.25) is 5.91 Å². The molecule has 1 aliphatic heterocycles. The summed E-state index contributed by atoms with van der Waals surface area (Å²) in [6.45, 7) is 4.55. The minimum absolute atomic E-state index is 0.276. The first-order valence-electron chi connectivity index (χ1n) is 14.6. The minimum Gasteiger partial charge on any atom is -0.495 e. The molecule has 232 valence electrons. The highest BCUT2D eigenvalue weighted by molar-refractivity contribution is 5.99. The van der Waals surface area contributed by atoms with Crippen LogP contribution in [-0.4, -0.2) is 80.1 Å². The fourth-order valence-corrected chi connectivity index (χ4v) is 5.74. The Hall–Kier alpha value is -4.61. The van der Waals surface area contributed by atoms with E-state index in [4.69, 9.17) is 10.5 Å². The second-order valence-electron chi connectivity index (χ2n) is 11.4. The van der Waals surface area contributed by atoms with Gasteiger partial charge < -0.3 is 40.8 Å². The number of halogens is 1. The van der Waals surface area contributed by atoms with E-state index in [0.29, 0.717) is 49.7 Å². The van der Waals surface area contributed by atoms with Crippen LogP contribution in [0.2, 0.25) is 0 Å². The topological polar surface area (TPSA) is 119 Å². The number of carbonyl (C=O) groups excluding carboxylic acids is 2. The number of fused-ring (bicyclic) bond motifs is 1. The molecule has 11 heteroatoms. The molecular weight excluding hydrogens is 561 g/mol. The number of hydrogen-bond donors (Lipinski definition) is 4. The number of aromatic amines is 1. The van der Waals surface area contributed by atoms with Gasteiger partial charge in [-0.05, 0) is 74.1 Å². The lowest BCUT2D eigenvalue weighted by molar-refractivity contribution is -0.118. The van der Waals surface area contributed by atoms with Crippen molar-refractivity contribution < 1.29 is 18.7 Å². The summed E-state index contributed by atoms with van der Waals surface area (Å²) in [5.41, 5.74) is 11.6. The Morgan fingerprint density at radius 2 is 1.82 bits per heavy atom. The number of methoxy groups -OCH3 is 1. The number of H-pyrrole nitrogens is 1. The Bertz CT molecular complexity index is 1630. The Kier molecular flexibility index (Phi) is 9.36. The molecule has 44 heavy (non-hydrogen) atoms. The second kappa shape index (κ2) is 13.4. The molecule has 3 amide bonds. The molecular formula is C33H40FN7O3. The quantitative estimate of drug-likeness (QED) is 0.228. The summed E-state index contributed by atoms with van der Waals surface area (Å²) in [4.78, 5) is 36.6. The van der Waals surface area contributed by atoms with Crippen LogP contribution in [0.15, 0.2) is 66.9 Å². The highest BCUT2D eigenvalue weighted by Gasteiger charge is 2.33. The monoisotopic (exact) mass is 601 g/mol. The van der Waals surface area contributed by atoms with E-state index < -0.39 is 18.0 Å². The van der Waals surface area contributed by atoms with Crippen LogP contribution in [0, 0.1) is 12.7 Å². The number of para-hydroxylation sites is 1. The highest BCUT2D eigenvalue weighted by Crippen LogP contribution is 2.29. The van der Waals surface area contributed by atoms with Gasteiger partial charge in [0.15, 0.2) is 0 Å². The van der Waals surface area contributed by atoms with E-state index in [2.05, 4.69) is 20.5 Å². The van der Waals surface area contributed by atoms with Gasteiger partial charge in [-0.25, -0.2) is 9.18 Å². The van der Waals surface area contributed by atoms with Crippen molar-refractivity contribution in [2.24, 2.45) is 5.73 Å². The van der Waals surface area contributed by atoms with Crippen LogP contribution in [0.1, 0.15) is 22.7 Å². The molecule has 4 aromatic rings. The van der Waals surface area contributed by atoms with Gasteiger partial charge in [-0.15, -0.1) is 0 Å². The number of ether oxygens (including phenoxy) is 1. The molecule has 0 spiro atoms. The summed E-state index contributed by atoms with van der Waals surface area (Å²) in [7, 11) is 5.48. The van der Waals surface area contributed by atoms with E-state index in [1.807, 2.05) is 68.4 Å². The van der Waals surface area contributed by atoms with Crippen molar-refractivity contribution in [3.63, 3.8) is 0 Å². The van der Waals surface area contributed by atoms with E-state index in [9.17, 15) is 14.0 Å². The molecule has 1 aromatic heterocycles. The van der Waals surface area contributed by atoms with Gasteiger partial charge in [0.25, 0.3) is 0 Å². The largest absolute Gasteiger partial charge is 0.495 e. The number of benzene rings is 3. The predicted molar refractivity (Wildman–Crippen MR) is 171 cm³/mol. The van der Waals surface area contributed by atoms with Gasteiger partial charge in [0.05, 0.1) is 18.8 Å². The maximum atomic E-state index is 14.0. The molecule has 0 saturated carbocycles. The minimum atomic E-state index is -1.10. The number of urea groups is 1. The number of rotatable bonds is 9. The zero-order valence-electron chi connectivity index (χ0n) is 25.6. The summed E-state index contributed by atoms with van der Waals surface area (Å²) >= 11 is 0. The van der Waals surface area contributed by atoms with E-state index in [0.717, 1.165) is 27.7 Å². The maximum absolute atomic E-state index is 14.0. The lowest BCUT2D eigenvalue weighted by atomic mass is 9.98. The first-order valence-corrected chi connectivity index (χ1v) is 14.6. The zero-order valence-corrected chi connectivity index (χ0v) is 25.6. The first kappa shape index (κ1) is 30.8. The number of hydrogen-bond acceptors (Lipinski definition) is 6. The number of aromatic nitrogens is 1. The van der Waals surface area contributed by atoms with Crippen molar-refractivity contribution in [2.45, 2.75) is 25.6 Å². The van der Waals surface area contributed by atoms with E-state index in [-0.39, 0.29) is 11.8 Å². The van der Waals surface area contributed by atoms with E-state index >= 15 is 0 Å². The zero-order chi connectivity index (χ0) is 31.4. The smallest absolute Gasteiger partial charge is 0.318 e. The van der Waals surface area contributed by atoms with Gasteiger partial charge in [0.1, 0.15) is 17.6 Å². The van der Waals surface area contributed by atoms with Crippen LogP contribution in [0.3, 0.4) is 0 Å². The van der Waals surface area contributed by atoms with Crippen molar-refractivity contribution in [2.75, 3.05) is 57.6 Å². The number of nitrogens with zero attached hydrogens (tertiary/aromatic N) is 3. The lowest BCUT2D eigenvalue weighted by Crippen LogP contribution is -2.57. The van der Waals surface area contributed by atoms with Gasteiger partial charge in [-0.2, -0.15) is 0 Å². The molecule has 0 radical (unpaired) electrons. The van der Waals surface area contributed by atoms with Gasteiger partial charge in [-0.3, -0.25) is 4.79 Å². The number of carbonyl (C=O) groups is 2. The van der Waals surface area contributed by atoms with Crippen LogP contribution in [0.5, 0.6) is 5.75 Å². The third kappa shape index (κ3) is 6.79. The number of piperazine rings is 1. The molecule has 0 bridgehead atoms. The number of aryl methyl sites for hydroxylation is 1. The van der Waals surface area contributed by atoms with Crippen LogP contribution >= 0.6 is 0 Å². The SMILES string of the molecule is COc1ccc(CN(C)C)cc1NC(=O)[C@H](NC(=O)N1CCN(c2ccc(F)cc2C)CC1)[C@@H](N)c1c[nH]c2ccccc12. The fraction of sp³-hybridized carbons (Fsp3) is 0.333. The predicted octanol–water partition coefficient (Wildman–Crippen LogP) is 4.22. The number of anilines is 2. The normalized spacial score (nSPS) is 14.9. The summed E-state index contributed by atoms with van der Waals surface area (Å²) < 4.78 is 19.2. The van der Waals surface area contributed by atoms with Gasteiger partial charge >= 0.3 is 6.03 Å². The average Bonchev–Trinajstić information content (AvgIpc) is 3.44. The van der Waals surface area contributed by atoms with Crippen LogP contribution < -0.4 is 26.0 Å². The van der Waals surface area contributed by atoms with Crippen LogP contribution in [0.4, 0.5) is 20.6 Å². The fourth-order valence-electron chi connectivity index (χ4n) is 5.74. The van der Waals surface area contributed by atoms with Crippen LogP contribution in [0.25, 0.3) is 10.9 Å². The summed E-state index contributed by atoms with van der Waals surface area (Å²) in [6.07, 6.45) is 1.78. The molecule has 0 unspecified atom stereocenters. The Balaban J connectivity index is 1.37. The van der Waals surface area contributed by atoms with Crippen molar-refractivity contribution in [3.8, 4) is 5.75 Å². The summed E-state index contributed by atoms with van der Waals surface area (Å²) in [5, 5.41) is 6.78. The third-order valence-corrected chi connectivity index (χ3v) is 7.99. The third-order valence-electron chi connectivity index (χ3n) is 7.99. The van der Waals surface area contributed by atoms with Crippen molar-refractivity contribution in [1.82, 2.24) is 20.1 Å². The Labute approximate surface area is 256 Å². The van der Waals surface area contributed by atoms with Crippen molar-refractivity contribution in [3.05, 3.63) is 89.4 Å². The molecule has 1 fully saturated rings. The summed E-state index contributed by atoms with van der Waals surface area (Å²) in [5.74, 6) is -0.238. The number of amides is 3. The Morgan fingerprint density at radius 3 is 2.52 bits per heavy atom. The van der Waals surface area contributed by atoms with Crippen molar-refractivity contribution >= 4 is 34.2 Å². The van der Waals surface area contributed by atoms with Crippen LogP contribution in [-0.2, 0) is 11.3 Å². The molecule has 2 heterocycles. The molecule has 1 saturated heterocycles. The maximum Gasteiger partial charge on any atom is 0.318 e. The van der Waals surface area contributed by atoms with E-state index in [1.165, 1.54) is 12.1 Å². The van der Waals surface area contributed by atoms with Gasteiger partial charge in [0, 0.05) is 55.5 Å². The molecule has 5 N–H and O–H groups in total. The molecule has 1 aliphatic rings. The molecule has 10 nitrogen and oxygen atoms in total. The van der Waals surface area contributed by atoms with Crippen molar-refractivity contribution in [1.29, 1.82) is 0 Å². The Morgan fingerprint density at radius 1 is 1.07 bits per heavy atom. The molecule has 0 aliphatic carbocycles. The second-order valence-corrected chi connectivity index (χ2v) is 11.4.